The van der Waals surface area contributed by atoms with E-state index in [9.17, 15) is 0 Å². The SMILES string of the molecule is CCCCCCn1cnc(C(C)N)n1. The number of hydrogen-bond acceptors (Lipinski definition) is 3. The number of unbranched alkanes of at least 4 members (excludes halogenated alkanes) is 3. The summed E-state index contributed by atoms with van der Waals surface area (Å²) in [5.41, 5.74) is 5.67. The van der Waals surface area contributed by atoms with E-state index >= 15 is 0 Å². The third kappa shape index (κ3) is 3.46. The van der Waals surface area contributed by atoms with Gasteiger partial charge in [-0.2, -0.15) is 5.10 Å². The highest BCUT2D eigenvalue weighted by molar-refractivity contribution is 4.87. The van der Waals surface area contributed by atoms with Gasteiger partial charge in [0, 0.05) is 6.54 Å². The van der Waals surface area contributed by atoms with Crippen molar-refractivity contribution in [2.75, 3.05) is 0 Å². The van der Waals surface area contributed by atoms with Gasteiger partial charge in [0.05, 0.1) is 6.04 Å². The minimum absolute atomic E-state index is 0.0631. The van der Waals surface area contributed by atoms with Crippen LogP contribution >= 0.6 is 0 Å². The van der Waals surface area contributed by atoms with Gasteiger partial charge in [-0.15, -0.1) is 0 Å². The lowest BCUT2D eigenvalue weighted by Crippen LogP contribution is -2.08. The standard InChI is InChI=1S/C10H20N4/c1-3-4-5-6-7-14-8-12-10(13-14)9(2)11/h8-9H,3-7,11H2,1-2H3. The Kier molecular flexibility index (Phi) is 4.59. The Morgan fingerprint density at radius 2 is 2.21 bits per heavy atom. The van der Waals surface area contributed by atoms with E-state index in [1.165, 1.54) is 25.7 Å². The molecule has 1 heterocycles. The Morgan fingerprint density at radius 1 is 1.43 bits per heavy atom. The van der Waals surface area contributed by atoms with E-state index in [0.29, 0.717) is 0 Å². The summed E-state index contributed by atoms with van der Waals surface area (Å²) in [7, 11) is 0. The van der Waals surface area contributed by atoms with E-state index in [2.05, 4.69) is 17.0 Å². The van der Waals surface area contributed by atoms with Crippen molar-refractivity contribution < 1.29 is 0 Å². The van der Waals surface area contributed by atoms with Crippen LogP contribution in [0.3, 0.4) is 0 Å². The number of rotatable bonds is 6. The highest BCUT2D eigenvalue weighted by Crippen LogP contribution is 2.03. The molecule has 1 rings (SSSR count). The Bertz CT molecular complexity index is 254. The molecule has 0 amide bonds. The Hall–Kier alpha value is -0.900. The largest absolute Gasteiger partial charge is 0.321 e. The smallest absolute Gasteiger partial charge is 0.166 e. The van der Waals surface area contributed by atoms with Gasteiger partial charge in [0.25, 0.3) is 0 Å². The summed E-state index contributed by atoms with van der Waals surface area (Å²) in [6, 6.07) is -0.0631. The van der Waals surface area contributed by atoms with Gasteiger partial charge in [-0.05, 0) is 13.3 Å². The van der Waals surface area contributed by atoms with E-state index in [1.807, 2.05) is 11.6 Å². The molecule has 0 aromatic carbocycles. The molecule has 1 atom stereocenters. The second-order valence-electron chi connectivity index (χ2n) is 3.72. The zero-order valence-electron chi connectivity index (χ0n) is 9.11. The second kappa shape index (κ2) is 5.75. The van der Waals surface area contributed by atoms with E-state index in [-0.39, 0.29) is 6.04 Å². The van der Waals surface area contributed by atoms with E-state index in [0.717, 1.165) is 12.4 Å². The Labute approximate surface area is 85.5 Å². The third-order valence-corrected chi connectivity index (χ3v) is 2.20. The lowest BCUT2D eigenvalue weighted by molar-refractivity contribution is 0.533. The minimum atomic E-state index is -0.0631. The van der Waals surface area contributed by atoms with Gasteiger partial charge in [0.2, 0.25) is 0 Å². The van der Waals surface area contributed by atoms with Crippen molar-refractivity contribution >= 4 is 0 Å². The van der Waals surface area contributed by atoms with Gasteiger partial charge in [0.1, 0.15) is 6.33 Å². The zero-order chi connectivity index (χ0) is 10.4. The molecule has 0 bridgehead atoms. The monoisotopic (exact) mass is 196 g/mol. The van der Waals surface area contributed by atoms with Crippen LogP contribution in [0.4, 0.5) is 0 Å². The number of nitrogens with two attached hydrogens (primary N) is 1. The molecule has 0 saturated carbocycles. The molecule has 0 saturated heterocycles. The van der Waals surface area contributed by atoms with Gasteiger partial charge in [-0.25, -0.2) is 4.98 Å². The summed E-state index contributed by atoms with van der Waals surface area (Å²) >= 11 is 0. The van der Waals surface area contributed by atoms with Gasteiger partial charge in [-0.1, -0.05) is 26.2 Å². The van der Waals surface area contributed by atoms with Crippen molar-refractivity contribution in [3.63, 3.8) is 0 Å². The summed E-state index contributed by atoms with van der Waals surface area (Å²) in [6.07, 6.45) is 6.78. The quantitative estimate of drug-likeness (QED) is 0.707. The summed E-state index contributed by atoms with van der Waals surface area (Å²) < 4.78 is 1.88. The predicted octanol–water partition coefficient (Wildman–Crippen LogP) is 1.88. The summed E-state index contributed by atoms with van der Waals surface area (Å²) in [5, 5.41) is 4.29. The summed E-state index contributed by atoms with van der Waals surface area (Å²) in [5.74, 6) is 0.737. The molecule has 14 heavy (non-hydrogen) atoms. The van der Waals surface area contributed by atoms with Crippen LogP contribution in [-0.4, -0.2) is 14.8 Å². The lowest BCUT2D eigenvalue weighted by atomic mass is 10.2. The zero-order valence-corrected chi connectivity index (χ0v) is 9.11. The molecule has 1 unspecified atom stereocenters. The molecule has 0 aliphatic carbocycles. The molecule has 0 spiro atoms. The van der Waals surface area contributed by atoms with Crippen molar-refractivity contribution in [1.29, 1.82) is 0 Å². The van der Waals surface area contributed by atoms with Crippen molar-refractivity contribution in [3.8, 4) is 0 Å². The maximum absolute atomic E-state index is 5.67. The van der Waals surface area contributed by atoms with Crippen molar-refractivity contribution in [3.05, 3.63) is 12.2 Å². The van der Waals surface area contributed by atoms with E-state index < -0.39 is 0 Å². The number of hydrogen-bond donors (Lipinski definition) is 1. The Balaban J connectivity index is 2.29. The first kappa shape index (κ1) is 11.2. The Morgan fingerprint density at radius 3 is 2.79 bits per heavy atom. The first-order valence-corrected chi connectivity index (χ1v) is 5.39. The van der Waals surface area contributed by atoms with Crippen LogP contribution in [0.1, 0.15) is 51.4 Å². The highest BCUT2D eigenvalue weighted by Gasteiger charge is 2.04. The van der Waals surface area contributed by atoms with Gasteiger partial charge >= 0.3 is 0 Å². The molecule has 4 heteroatoms. The maximum atomic E-state index is 5.67. The van der Waals surface area contributed by atoms with Crippen LogP contribution in [0.15, 0.2) is 6.33 Å². The maximum Gasteiger partial charge on any atom is 0.166 e. The van der Waals surface area contributed by atoms with Crippen LogP contribution < -0.4 is 5.73 Å². The molecule has 0 aliphatic rings. The van der Waals surface area contributed by atoms with Gasteiger partial charge < -0.3 is 5.73 Å². The molecular formula is C10H20N4. The van der Waals surface area contributed by atoms with Gasteiger partial charge in [0.15, 0.2) is 5.82 Å². The van der Waals surface area contributed by atoms with Crippen LogP contribution in [0, 0.1) is 0 Å². The number of aromatic nitrogens is 3. The predicted molar refractivity (Wildman–Crippen MR) is 56.8 cm³/mol. The van der Waals surface area contributed by atoms with Gasteiger partial charge in [-0.3, -0.25) is 4.68 Å². The molecular weight excluding hydrogens is 176 g/mol. The topological polar surface area (TPSA) is 56.7 Å². The van der Waals surface area contributed by atoms with E-state index in [4.69, 9.17) is 5.73 Å². The summed E-state index contributed by atoms with van der Waals surface area (Å²) in [4.78, 5) is 4.14. The number of aryl methyl sites for hydroxylation is 1. The van der Waals surface area contributed by atoms with E-state index in [1.54, 1.807) is 6.33 Å². The molecule has 0 aliphatic heterocycles. The lowest BCUT2D eigenvalue weighted by Gasteiger charge is -2.00. The van der Waals surface area contributed by atoms with Crippen molar-refractivity contribution in [2.45, 2.75) is 52.1 Å². The highest BCUT2D eigenvalue weighted by atomic mass is 15.3. The normalized spacial score (nSPS) is 13.1. The second-order valence-corrected chi connectivity index (χ2v) is 3.72. The average Bonchev–Trinajstić information content (AvgIpc) is 2.61. The fraction of sp³-hybridized carbons (Fsp3) is 0.800. The van der Waals surface area contributed by atoms with Crippen molar-refractivity contribution in [1.82, 2.24) is 14.8 Å². The molecule has 80 valence electrons. The minimum Gasteiger partial charge on any atom is -0.321 e. The first-order valence-electron chi connectivity index (χ1n) is 5.39. The molecule has 0 fully saturated rings. The van der Waals surface area contributed by atoms with Crippen LogP contribution in [0.5, 0.6) is 0 Å². The fourth-order valence-electron chi connectivity index (χ4n) is 1.33. The summed E-state index contributed by atoms with van der Waals surface area (Å²) in [6.45, 7) is 5.07. The van der Waals surface area contributed by atoms with Crippen LogP contribution in [-0.2, 0) is 6.54 Å². The van der Waals surface area contributed by atoms with Crippen LogP contribution in [0.25, 0.3) is 0 Å². The molecule has 1 aromatic rings. The molecule has 0 radical (unpaired) electrons. The van der Waals surface area contributed by atoms with Crippen LogP contribution in [0.2, 0.25) is 0 Å². The number of nitrogens with zero attached hydrogens (tertiary/aromatic N) is 3. The fourth-order valence-corrected chi connectivity index (χ4v) is 1.33. The first-order chi connectivity index (χ1) is 6.74. The molecule has 1 aromatic heterocycles. The van der Waals surface area contributed by atoms with Crippen molar-refractivity contribution in [2.24, 2.45) is 5.73 Å². The molecule has 2 N–H and O–H groups in total. The molecule has 4 nitrogen and oxygen atoms in total. The third-order valence-electron chi connectivity index (χ3n) is 2.20. The average molecular weight is 196 g/mol.